The summed E-state index contributed by atoms with van der Waals surface area (Å²) in [4.78, 5) is 23.7. The van der Waals surface area contributed by atoms with Gasteiger partial charge in [-0.25, -0.2) is 18.0 Å². The number of carbonyl (C=O) groups is 2. The number of carbonyl (C=O) groups excluding carboxylic acids is 2. The van der Waals surface area contributed by atoms with Crippen molar-refractivity contribution in [3.8, 4) is 0 Å². The fourth-order valence-corrected chi connectivity index (χ4v) is 4.31. The molecule has 0 fully saturated rings. The Kier molecular flexibility index (Phi) is 5.56. The predicted molar refractivity (Wildman–Crippen MR) is 109 cm³/mol. The largest absolute Gasteiger partial charge is 0.465 e. The molecule has 0 spiro atoms. The van der Waals surface area contributed by atoms with Crippen LogP contribution >= 0.6 is 0 Å². The van der Waals surface area contributed by atoms with Gasteiger partial charge in [-0.3, -0.25) is 4.31 Å². The van der Waals surface area contributed by atoms with Gasteiger partial charge in [0.15, 0.2) is 0 Å². The number of nitrogens with zero attached hydrogens (tertiary/aromatic N) is 1. The molecule has 0 aliphatic heterocycles. The summed E-state index contributed by atoms with van der Waals surface area (Å²) in [6.45, 7) is 0. The van der Waals surface area contributed by atoms with Crippen molar-refractivity contribution in [2.45, 2.75) is 4.90 Å². The minimum Gasteiger partial charge on any atom is -0.465 e. The Labute approximate surface area is 168 Å². The van der Waals surface area contributed by atoms with E-state index in [1.807, 2.05) is 30.3 Å². The van der Waals surface area contributed by atoms with Crippen molar-refractivity contribution in [2.75, 3.05) is 25.6 Å². The van der Waals surface area contributed by atoms with Crippen LogP contribution < -0.4 is 4.31 Å². The molecule has 150 valence electrons. The molecule has 3 aromatic rings. The van der Waals surface area contributed by atoms with Crippen molar-refractivity contribution in [2.24, 2.45) is 0 Å². The van der Waals surface area contributed by atoms with Crippen LogP contribution in [0.25, 0.3) is 10.8 Å². The lowest BCUT2D eigenvalue weighted by Crippen LogP contribution is -2.28. The van der Waals surface area contributed by atoms with Gasteiger partial charge in [0.25, 0.3) is 10.0 Å². The molecule has 0 heterocycles. The highest BCUT2D eigenvalue weighted by Crippen LogP contribution is 2.28. The lowest BCUT2D eigenvalue weighted by molar-refractivity contribution is 0.0583. The summed E-state index contributed by atoms with van der Waals surface area (Å²) in [7, 11) is -0.466. The molecule has 0 radical (unpaired) electrons. The van der Waals surface area contributed by atoms with E-state index >= 15 is 0 Å². The Morgan fingerprint density at radius 2 is 1.48 bits per heavy atom. The molecule has 0 aromatic heterocycles. The first-order valence-electron chi connectivity index (χ1n) is 8.58. The molecule has 0 atom stereocenters. The molecule has 29 heavy (non-hydrogen) atoms. The molecule has 3 rings (SSSR count). The Morgan fingerprint density at radius 3 is 2.14 bits per heavy atom. The number of methoxy groups -OCH3 is 2. The van der Waals surface area contributed by atoms with Crippen LogP contribution in [-0.2, 0) is 19.5 Å². The smallest absolute Gasteiger partial charge is 0.339 e. The average Bonchev–Trinajstić information content (AvgIpc) is 2.76. The van der Waals surface area contributed by atoms with E-state index in [2.05, 4.69) is 4.74 Å². The summed E-state index contributed by atoms with van der Waals surface area (Å²) in [5.74, 6) is -1.54. The Bertz CT molecular complexity index is 1200. The van der Waals surface area contributed by atoms with Gasteiger partial charge in [-0.2, -0.15) is 0 Å². The molecule has 8 heteroatoms. The van der Waals surface area contributed by atoms with E-state index in [1.54, 1.807) is 12.1 Å². The number of fused-ring (bicyclic) bond motifs is 1. The van der Waals surface area contributed by atoms with Crippen molar-refractivity contribution >= 4 is 38.4 Å². The number of ether oxygens (including phenoxy) is 2. The summed E-state index contributed by atoms with van der Waals surface area (Å²) in [5.41, 5.74) is 0.237. The predicted octanol–water partition coefficient (Wildman–Crippen LogP) is 3.24. The summed E-state index contributed by atoms with van der Waals surface area (Å²) >= 11 is 0. The normalized spacial score (nSPS) is 11.1. The van der Waals surface area contributed by atoms with Crippen molar-refractivity contribution in [1.82, 2.24) is 0 Å². The summed E-state index contributed by atoms with van der Waals surface area (Å²) < 4.78 is 37.1. The number of hydrogen-bond donors (Lipinski definition) is 0. The summed E-state index contributed by atoms with van der Waals surface area (Å²) in [6, 6.07) is 16.4. The number of sulfonamides is 1. The minimum absolute atomic E-state index is 0.00522. The van der Waals surface area contributed by atoms with Crippen molar-refractivity contribution < 1.29 is 27.5 Å². The van der Waals surface area contributed by atoms with E-state index in [4.69, 9.17) is 4.74 Å². The zero-order chi connectivity index (χ0) is 21.2. The number of esters is 2. The van der Waals surface area contributed by atoms with Gasteiger partial charge in [0.05, 0.1) is 31.0 Å². The van der Waals surface area contributed by atoms with E-state index in [-0.39, 0.29) is 16.0 Å². The van der Waals surface area contributed by atoms with E-state index < -0.39 is 22.0 Å². The third kappa shape index (κ3) is 3.79. The Hall–Kier alpha value is -3.39. The van der Waals surface area contributed by atoms with Gasteiger partial charge >= 0.3 is 11.9 Å². The van der Waals surface area contributed by atoms with Gasteiger partial charge in [0.2, 0.25) is 0 Å². The van der Waals surface area contributed by atoms with Crippen LogP contribution in [0, 0.1) is 0 Å². The molecule has 0 saturated heterocycles. The monoisotopic (exact) mass is 413 g/mol. The third-order valence-corrected chi connectivity index (χ3v) is 6.37. The molecule has 7 nitrogen and oxygen atoms in total. The van der Waals surface area contributed by atoms with Crippen LogP contribution in [0.1, 0.15) is 20.7 Å². The van der Waals surface area contributed by atoms with E-state index in [9.17, 15) is 18.0 Å². The quantitative estimate of drug-likeness (QED) is 0.597. The maximum absolute atomic E-state index is 13.3. The first-order chi connectivity index (χ1) is 13.8. The number of anilines is 1. The molecule has 0 aliphatic rings. The van der Waals surface area contributed by atoms with Crippen LogP contribution in [0.3, 0.4) is 0 Å². The average molecular weight is 413 g/mol. The van der Waals surface area contributed by atoms with Crippen LogP contribution in [0.2, 0.25) is 0 Å². The van der Waals surface area contributed by atoms with Gasteiger partial charge in [-0.15, -0.1) is 0 Å². The highest BCUT2D eigenvalue weighted by atomic mass is 32.2. The molecule has 0 amide bonds. The molecule has 3 aromatic carbocycles. The van der Waals surface area contributed by atoms with Crippen LogP contribution in [-0.4, -0.2) is 41.6 Å². The van der Waals surface area contributed by atoms with Gasteiger partial charge in [-0.05, 0) is 41.1 Å². The van der Waals surface area contributed by atoms with Gasteiger partial charge in [0, 0.05) is 7.05 Å². The van der Waals surface area contributed by atoms with E-state index in [1.165, 1.54) is 26.3 Å². The molecule has 0 bridgehead atoms. The molecule has 0 unspecified atom stereocenters. The minimum atomic E-state index is -4.19. The fraction of sp³-hybridized carbons (Fsp3) is 0.143. The highest BCUT2D eigenvalue weighted by molar-refractivity contribution is 7.92. The number of hydrogen-bond acceptors (Lipinski definition) is 6. The highest BCUT2D eigenvalue weighted by Gasteiger charge is 2.29. The third-order valence-electron chi connectivity index (χ3n) is 4.54. The topological polar surface area (TPSA) is 90.0 Å². The molecule has 0 N–H and O–H groups in total. The SMILES string of the molecule is COC(=O)c1ccc(C(=O)OC)c(S(=O)(=O)N(C)c2ccc3ccccc3c2)c1. The second-order valence-electron chi connectivity index (χ2n) is 6.20. The molecule has 0 aliphatic carbocycles. The van der Waals surface area contributed by atoms with E-state index in [0.29, 0.717) is 5.69 Å². The first kappa shape index (κ1) is 20.3. The maximum atomic E-state index is 13.3. The summed E-state index contributed by atoms with van der Waals surface area (Å²) in [5, 5.41) is 1.83. The second kappa shape index (κ2) is 7.92. The van der Waals surface area contributed by atoms with Gasteiger partial charge in [0.1, 0.15) is 4.90 Å². The van der Waals surface area contributed by atoms with Crippen molar-refractivity contribution in [3.63, 3.8) is 0 Å². The van der Waals surface area contributed by atoms with Crippen LogP contribution in [0.4, 0.5) is 5.69 Å². The zero-order valence-corrected chi connectivity index (χ0v) is 16.9. The Balaban J connectivity index is 2.15. The fourth-order valence-electron chi connectivity index (χ4n) is 2.92. The zero-order valence-electron chi connectivity index (χ0n) is 16.1. The van der Waals surface area contributed by atoms with Gasteiger partial charge < -0.3 is 9.47 Å². The molecule has 0 saturated carbocycles. The van der Waals surface area contributed by atoms with Gasteiger partial charge in [-0.1, -0.05) is 30.3 Å². The number of rotatable bonds is 5. The first-order valence-corrected chi connectivity index (χ1v) is 10.0. The van der Waals surface area contributed by atoms with Crippen molar-refractivity contribution in [1.29, 1.82) is 0 Å². The number of benzene rings is 3. The maximum Gasteiger partial charge on any atom is 0.339 e. The Morgan fingerprint density at radius 1 is 0.828 bits per heavy atom. The lowest BCUT2D eigenvalue weighted by Gasteiger charge is -2.21. The lowest BCUT2D eigenvalue weighted by atomic mass is 10.1. The van der Waals surface area contributed by atoms with Crippen LogP contribution in [0.15, 0.2) is 65.6 Å². The standard InChI is InChI=1S/C21H19NO6S/c1-22(17-10-8-14-6-4-5-7-15(14)12-17)29(25,26)19-13-16(20(23)27-2)9-11-18(19)21(24)28-3/h4-13H,1-3H3. The van der Waals surface area contributed by atoms with E-state index in [0.717, 1.165) is 28.3 Å². The molecular weight excluding hydrogens is 394 g/mol. The second-order valence-corrected chi connectivity index (χ2v) is 8.14. The summed E-state index contributed by atoms with van der Waals surface area (Å²) in [6.07, 6.45) is 0. The van der Waals surface area contributed by atoms with Crippen LogP contribution in [0.5, 0.6) is 0 Å². The molecular formula is C21H19NO6S. The van der Waals surface area contributed by atoms with Crippen molar-refractivity contribution in [3.05, 3.63) is 71.8 Å².